The van der Waals surface area contributed by atoms with Crippen LogP contribution >= 0.6 is 0 Å². The molecule has 0 aromatic heterocycles. The predicted octanol–water partition coefficient (Wildman–Crippen LogP) is 1.37. The van der Waals surface area contributed by atoms with Gasteiger partial charge in [-0.3, -0.25) is 4.79 Å². The van der Waals surface area contributed by atoms with Gasteiger partial charge in [0.15, 0.2) is 6.61 Å². The average Bonchev–Trinajstić information content (AvgIpc) is 2.42. The van der Waals surface area contributed by atoms with E-state index in [-0.39, 0.29) is 25.0 Å². The number of hydrogen-bond donors (Lipinski definition) is 2. The summed E-state index contributed by atoms with van der Waals surface area (Å²) >= 11 is 0. The second kappa shape index (κ2) is 7.71. The number of carbonyl (C=O) groups is 1. The quantitative estimate of drug-likeness (QED) is 0.769. The first kappa shape index (κ1) is 14.5. The van der Waals surface area contributed by atoms with Crippen LogP contribution < -0.4 is 10.1 Å². The van der Waals surface area contributed by atoms with Crippen LogP contribution in [0.3, 0.4) is 0 Å². The monoisotopic (exact) mass is 251 g/mol. The Bertz CT molecular complexity index is 379. The molecule has 4 nitrogen and oxygen atoms in total. The fourth-order valence-electron chi connectivity index (χ4n) is 1.41. The lowest BCUT2D eigenvalue weighted by Crippen LogP contribution is -2.33. The third-order valence-electron chi connectivity index (χ3n) is 2.64. The molecule has 18 heavy (non-hydrogen) atoms. The lowest BCUT2D eigenvalue weighted by Gasteiger charge is -2.10. The molecule has 100 valence electrons. The fourth-order valence-corrected chi connectivity index (χ4v) is 1.41. The molecule has 1 aromatic rings. The zero-order valence-corrected chi connectivity index (χ0v) is 11.0. The maximum Gasteiger partial charge on any atom is 0.257 e. The zero-order valence-electron chi connectivity index (χ0n) is 11.0. The largest absolute Gasteiger partial charge is 0.484 e. The molecule has 0 saturated carbocycles. The number of amides is 1. The van der Waals surface area contributed by atoms with Crippen LogP contribution in [0.1, 0.15) is 19.4 Å². The van der Waals surface area contributed by atoms with Crippen LogP contribution in [0.2, 0.25) is 0 Å². The Kier molecular flexibility index (Phi) is 6.22. The molecule has 0 heterocycles. The summed E-state index contributed by atoms with van der Waals surface area (Å²) < 4.78 is 5.40. The number of ether oxygens (including phenoxy) is 1. The van der Waals surface area contributed by atoms with Gasteiger partial charge in [0.2, 0.25) is 0 Å². The second-order valence-electron chi connectivity index (χ2n) is 4.38. The fraction of sp³-hybridized carbons (Fsp3) is 0.500. The molecule has 4 heteroatoms. The molecular formula is C14H21NO3. The first-order chi connectivity index (χ1) is 8.65. The molecule has 0 aliphatic heterocycles. The van der Waals surface area contributed by atoms with Crippen molar-refractivity contribution in [1.29, 1.82) is 0 Å². The van der Waals surface area contributed by atoms with E-state index in [9.17, 15) is 4.79 Å². The summed E-state index contributed by atoms with van der Waals surface area (Å²) in [5, 5.41) is 11.5. The first-order valence-corrected chi connectivity index (χ1v) is 6.25. The minimum Gasteiger partial charge on any atom is -0.484 e. The molecule has 0 fully saturated rings. The van der Waals surface area contributed by atoms with Gasteiger partial charge in [-0.15, -0.1) is 0 Å². The van der Waals surface area contributed by atoms with E-state index in [1.54, 1.807) is 0 Å². The van der Waals surface area contributed by atoms with Crippen molar-refractivity contribution in [3.05, 3.63) is 29.8 Å². The van der Waals surface area contributed by atoms with Crippen LogP contribution in [0.15, 0.2) is 24.3 Å². The van der Waals surface area contributed by atoms with E-state index in [1.165, 1.54) is 5.56 Å². The Morgan fingerprint density at radius 3 is 2.94 bits per heavy atom. The summed E-state index contributed by atoms with van der Waals surface area (Å²) in [4.78, 5) is 11.5. The number of nitrogens with one attached hydrogen (secondary N) is 1. The third kappa shape index (κ3) is 5.19. The van der Waals surface area contributed by atoms with E-state index >= 15 is 0 Å². The SMILES string of the molecule is CCc1cccc(OCC(=O)NCC(C)CO)c1. The summed E-state index contributed by atoms with van der Waals surface area (Å²) in [5.74, 6) is 0.606. The standard InChI is InChI=1S/C14H21NO3/c1-3-12-5-4-6-13(7-12)18-10-14(17)15-8-11(2)9-16/h4-7,11,16H,3,8-10H2,1-2H3,(H,15,17). The second-order valence-corrected chi connectivity index (χ2v) is 4.38. The lowest BCUT2D eigenvalue weighted by atomic mass is 10.2. The summed E-state index contributed by atoms with van der Waals surface area (Å²) in [6.45, 7) is 4.48. The number of benzene rings is 1. The third-order valence-corrected chi connectivity index (χ3v) is 2.64. The van der Waals surface area contributed by atoms with E-state index in [1.807, 2.05) is 31.2 Å². The van der Waals surface area contributed by atoms with Crippen molar-refractivity contribution in [2.45, 2.75) is 20.3 Å². The summed E-state index contributed by atoms with van der Waals surface area (Å²) in [7, 11) is 0. The van der Waals surface area contributed by atoms with Crippen LogP contribution in [-0.4, -0.2) is 30.8 Å². The number of rotatable bonds is 7. The molecule has 1 unspecified atom stereocenters. The van der Waals surface area contributed by atoms with Gasteiger partial charge in [0.1, 0.15) is 5.75 Å². The molecule has 1 amide bonds. The highest BCUT2D eigenvalue weighted by Gasteiger charge is 2.05. The van der Waals surface area contributed by atoms with E-state index in [4.69, 9.17) is 9.84 Å². The number of aliphatic hydroxyl groups is 1. The van der Waals surface area contributed by atoms with Crippen molar-refractivity contribution < 1.29 is 14.6 Å². The maximum atomic E-state index is 11.5. The number of hydrogen-bond acceptors (Lipinski definition) is 3. The molecule has 0 spiro atoms. The van der Waals surface area contributed by atoms with E-state index in [0.717, 1.165) is 6.42 Å². The van der Waals surface area contributed by atoms with Crippen molar-refractivity contribution in [2.75, 3.05) is 19.8 Å². The Morgan fingerprint density at radius 2 is 2.28 bits per heavy atom. The van der Waals surface area contributed by atoms with Crippen LogP contribution in [0.4, 0.5) is 0 Å². The molecule has 2 N–H and O–H groups in total. The molecule has 1 aromatic carbocycles. The first-order valence-electron chi connectivity index (χ1n) is 6.25. The lowest BCUT2D eigenvalue weighted by molar-refractivity contribution is -0.123. The molecule has 0 bridgehead atoms. The van der Waals surface area contributed by atoms with Crippen LogP contribution in [0.25, 0.3) is 0 Å². The molecule has 1 atom stereocenters. The van der Waals surface area contributed by atoms with Gasteiger partial charge in [-0.1, -0.05) is 26.0 Å². The van der Waals surface area contributed by atoms with Gasteiger partial charge >= 0.3 is 0 Å². The van der Waals surface area contributed by atoms with Crippen molar-refractivity contribution in [1.82, 2.24) is 5.32 Å². The van der Waals surface area contributed by atoms with Gasteiger partial charge in [0, 0.05) is 13.2 Å². The van der Waals surface area contributed by atoms with Gasteiger partial charge < -0.3 is 15.2 Å². The minimum atomic E-state index is -0.169. The van der Waals surface area contributed by atoms with Crippen molar-refractivity contribution in [2.24, 2.45) is 5.92 Å². The highest BCUT2D eigenvalue weighted by atomic mass is 16.5. The van der Waals surface area contributed by atoms with Gasteiger partial charge in [0.25, 0.3) is 5.91 Å². The van der Waals surface area contributed by atoms with Gasteiger partial charge in [-0.25, -0.2) is 0 Å². The summed E-state index contributed by atoms with van der Waals surface area (Å²) in [6.07, 6.45) is 0.942. The topological polar surface area (TPSA) is 58.6 Å². The van der Waals surface area contributed by atoms with E-state index < -0.39 is 0 Å². The number of aryl methyl sites for hydroxylation is 1. The average molecular weight is 251 g/mol. The molecule has 0 aliphatic rings. The van der Waals surface area contributed by atoms with Crippen molar-refractivity contribution in [3.8, 4) is 5.75 Å². The smallest absolute Gasteiger partial charge is 0.257 e. The van der Waals surface area contributed by atoms with Crippen LogP contribution in [0, 0.1) is 5.92 Å². The molecule has 1 rings (SSSR count). The van der Waals surface area contributed by atoms with Crippen LogP contribution in [-0.2, 0) is 11.2 Å². The Morgan fingerprint density at radius 1 is 1.50 bits per heavy atom. The van der Waals surface area contributed by atoms with Crippen molar-refractivity contribution >= 4 is 5.91 Å². The maximum absolute atomic E-state index is 11.5. The molecule has 0 saturated heterocycles. The Hall–Kier alpha value is -1.55. The van der Waals surface area contributed by atoms with Crippen LogP contribution in [0.5, 0.6) is 5.75 Å². The summed E-state index contributed by atoms with van der Waals surface area (Å²) in [6, 6.07) is 7.71. The highest BCUT2D eigenvalue weighted by Crippen LogP contribution is 2.13. The van der Waals surface area contributed by atoms with Gasteiger partial charge in [0.05, 0.1) is 0 Å². The molecule has 0 radical (unpaired) electrons. The minimum absolute atomic E-state index is 0.00527. The Balaban J connectivity index is 2.33. The predicted molar refractivity (Wildman–Crippen MR) is 70.6 cm³/mol. The number of aliphatic hydroxyl groups excluding tert-OH is 1. The van der Waals surface area contributed by atoms with E-state index in [0.29, 0.717) is 12.3 Å². The zero-order chi connectivity index (χ0) is 13.4. The molecular weight excluding hydrogens is 230 g/mol. The Labute approximate surface area is 108 Å². The highest BCUT2D eigenvalue weighted by molar-refractivity contribution is 5.77. The molecule has 0 aliphatic carbocycles. The number of carbonyl (C=O) groups excluding carboxylic acids is 1. The van der Waals surface area contributed by atoms with Gasteiger partial charge in [-0.2, -0.15) is 0 Å². The van der Waals surface area contributed by atoms with E-state index in [2.05, 4.69) is 12.2 Å². The summed E-state index contributed by atoms with van der Waals surface area (Å²) in [5.41, 5.74) is 1.18. The normalized spacial score (nSPS) is 11.9. The van der Waals surface area contributed by atoms with Gasteiger partial charge in [-0.05, 0) is 30.0 Å². The van der Waals surface area contributed by atoms with Crippen molar-refractivity contribution in [3.63, 3.8) is 0 Å².